The zero-order valence-corrected chi connectivity index (χ0v) is 15.3. The van der Waals surface area contributed by atoms with Gasteiger partial charge in [0.1, 0.15) is 0 Å². The highest BCUT2D eigenvalue weighted by atomic mass is 16.4. The Morgan fingerprint density at radius 1 is 1.08 bits per heavy atom. The van der Waals surface area contributed by atoms with E-state index in [-0.39, 0.29) is 6.04 Å². The van der Waals surface area contributed by atoms with Crippen molar-refractivity contribution >= 4 is 11.7 Å². The van der Waals surface area contributed by atoms with E-state index in [1.165, 1.54) is 41.5 Å². The Balaban J connectivity index is 1.70. The third-order valence-electron chi connectivity index (χ3n) is 7.12. The number of rotatable bonds is 2. The molecule has 3 nitrogen and oxygen atoms in total. The maximum absolute atomic E-state index is 11.8. The number of fused-ring (bicyclic) bond motifs is 7. The number of nitrogens with one attached hydrogen (secondary N) is 1. The Kier molecular flexibility index (Phi) is 3.43. The highest BCUT2D eigenvalue weighted by Crippen LogP contribution is 2.64. The molecular formula is C23H25NO2. The summed E-state index contributed by atoms with van der Waals surface area (Å²) in [7, 11) is 0. The van der Waals surface area contributed by atoms with Crippen LogP contribution in [0.1, 0.15) is 63.8 Å². The number of carboxylic acids is 1. The van der Waals surface area contributed by atoms with Gasteiger partial charge in [-0.15, -0.1) is 0 Å². The van der Waals surface area contributed by atoms with Crippen LogP contribution >= 0.6 is 0 Å². The fourth-order valence-electron chi connectivity index (χ4n) is 6.10. The van der Waals surface area contributed by atoms with E-state index in [4.69, 9.17) is 0 Å². The highest BCUT2D eigenvalue weighted by Gasteiger charge is 2.54. The molecule has 134 valence electrons. The van der Waals surface area contributed by atoms with Gasteiger partial charge in [0.25, 0.3) is 0 Å². The average molecular weight is 347 g/mol. The van der Waals surface area contributed by atoms with Gasteiger partial charge in [0.2, 0.25) is 0 Å². The number of benzene rings is 2. The van der Waals surface area contributed by atoms with E-state index in [1.807, 2.05) is 6.07 Å². The minimum Gasteiger partial charge on any atom is -0.478 e. The first kappa shape index (κ1) is 15.9. The number of para-hydroxylation sites is 1. The van der Waals surface area contributed by atoms with Crippen molar-refractivity contribution < 1.29 is 9.90 Å². The highest BCUT2D eigenvalue weighted by molar-refractivity contribution is 5.95. The van der Waals surface area contributed by atoms with Crippen LogP contribution in [0.5, 0.6) is 0 Å². The van der Waals surface area contributed by atoms with Crippen molar-refractivity contribution in [2.75, 3.05) is 5.32 Å². The molecule has 2 fully saturated rings. The van der Waals surface area contributed by atoms with Gasteiger partial charge in [-0.1, -0.05) is 35.9 Å². The molecule has 0 radical (unpaired) electrons. The molecule has 3 heteroatoms. The van der Waals surface area contributed by atoms with Gasteiger partial charge in [-0.3, -0.25) is 0 Å². The Morgan fingerprint density at radius 3 is 2.69 bits per heavy atom. The van der Waals surface area contributed by atoms with Crippen LogP contribution < -0.4 is 5.32 Å². The standard InChI is InChI=1S/C23H25NO2/c1-12-6-7-13(2)18(10-12)22-20-15-9-8-14(11-15)19(20)16-4-3-5-17(23(25)26)21(16)24-22/h3-7,10,14-15,19-20,22,24H,8-9,11H2,1-2H3,(H,25,26)/t14-,15-,19+,20-,22-/m0/s1. The molecule has 2 aromatic carbocycles. The predicted octanol–water partition coefficient (Wildman–Crippen LogP) is 5.30. The number of aryl methyl sites for hydroxylation is 2. The zero-order chi connectivity index (χ0) is 18.0. The maximum Gasteiger partial charge on any atom is 0.337 e. The van der Waals surface area contributed by atoms with Crippen molar-refractivity contribution in [1.82, 2.24) is 0 Å². The predicted molar refractivity (Wildman–Crippen MR) is 103 cm³/mol. The normalized spacial score (nSPS) is 31.2. The third-order valence-corrected chi connectivity index (χ3v) is 7.12. The lowest BCUT2D eigenvalue weighted by atomic mass is 9.67. The fourth-order valence-corrected chi connectivity index (χ4v) is 6.10. The Morgan fingerprint density at radius 2 is 1.88 bits per heavy atom. The molecule has 3 aliphatic rings. The molecule has 2 N–H and O–H groups in total. The van der Waals surface area contributed by atoms with Crippen LogP contribution in [-0.4, -0.2) is 11.1 Å². The number of hydrogen-bond acceptors (Lipinski definition) is 2. The number of hydrogen-bond donors (Lipinski definition) is 2. The second-order valence-electron chi connectivity index (χ2n) is 8.49. The molecule has 5 rings (SSSR count). The van der Waals surface area contributed by atoms with Crippen LogP contribution in [0.4, 0.5) is 5.69 Å². The Hall–Kier alpha value is -2.29. The summed E-state index contributed by atoms with van der Waals surface area (Å²) >= 11 is 0. The van der Waals surface area contributed by atoms with E-state index in [0.717, 1.165) is 11.6 Å². The SMILES string of the molecule is Cc1ccc(C)c([C@@H]2Nc3c(C(=O)O)cccc3[C@H]3[C@H]4CC[C@@H](C4)[C@@H]32)c1. The topological polar surface area (TPSA) is 49.3 Å². The van der Waals surface area contributed by atoms with Gasteiger partial charge < -0.3 is 10.4 Å². The number of anilines is 1. The molecule has 2 aromatic rings. The first-order valence-corrected chi connectivity index (χ1v) is 9.74. The molecule has 0 spiro atoms. The summed E-state index contributed by atoms with van der Waals surface area (Å²) in [5.41, 5.74) is 6.43. The monoisotopic (exact) mass is 347 g/mol. The van der Waals surface area contributed by atoms with Gasteiger partial charge in [-0.2, -0.15) is 0 Å². The van der Waals surface area contributed by atoms with E-state index < -0.39 is 5.97 Å². The summed E-state index contributed by atoms with van der Waals surface area (Å²) in [6.45, 7) is 4.32. The number of carboxylic acid groups (broad SMARTS) is 1. The van der Waals surface area contributed by atoms with Crippen LogP contribution in [-0.2, 0) is 0 Å². The molecular weight excluding hydrogens is 322 g/mol. The lowest BCUT2D eigenvalue weighted by molar-refractivity contribution is 0.0697. The third kappa shape index (κ3) is 2.16. The lowest BCUT2D eigenvalue weighted by Gasteiger charge is -2.44. The second kappa shape index (κ2) is 5.60. The Bertz CT molecular complexity index is 903. The van der Waals surface area contributed by atoms with E-state index in [2.05, 4.69) is 43.4 Å². The van der Waals surface area contributed by atoms with Gasteiger partial charge in [-0.25, -0.2) is 4.79 Å². The zero-order valence-electron chi connectivity index (χ0n) is 15.3. The van der Waals surface area contributed by atoms with Gasteiger partial charge in [0, 0.05) is 0 Å². The van der Waals surface area contributed by atoms with Gasteiger partial charge in [-0.05, 0) is 79.5 Å². The van der Waals surface area contributed by atoms with Crippen molar-refractivity contribution in [2.24, 2.45) is 17.8 Å². The molecule has 1 heterocycles. The van der Waals surface area contributed by atoms with Crippen LogP contribution in [0.2, 0.25) is 0 Å². The van der Waals surface area contributed by atoms with Crippen molar-refractivity contribution in [3.05, 3.63) is 64.2 Å². The molecule has 26 heavy (non-hydrogen) atoms. The van der Waals surface area contributed by atoms with Gasteiger partial charge in [0.05, 0.1) is 17.3 Å². The molecule has 0 unspecified atom stereocenters. The largest absolute Gasteiger partial charge is 0.478 e. The smallest absolute Gasteiger partial charge is 0.337 e. The molecule has 2 saturated carbocycles. The molecule has 0 saturated heterocycles. The first-order valence-electron chi connectivity index (χ1n) is 9.74. The molecule has 0 aromatic heterocycles. The van der Waals surface area contributed by atoms with Crippen LogP contribution in [0.15, 0.2) is 36.4 Å². The number of carbonyl (C=O) groups is 1. The van der Waals surface area contributed by atoms with Crippen molar-refractivity contribution in [2.45, 2.75) is 45.1 Å². The van der Waals surface area contributed by atoms with Crippen molar-refractivity contribution in [1.29, 1.82) is 0 Å². The fraction of sp³-hybridized carbons (Fsp3) is 0.435. The molecule has 5 atom stereocenters. The summed E-state index contributed by atoms with van der Waals surface area (Å²) < 4.78 is 0. The summed E-state index contributed by atoms with van der Waals surface area (Å²) in [4.78, 5) is 11.8. The van der Waals surface area contributed by atoms with E-state index >= 15 is 0 Å². The summed E-state index contributed by atoms with van der Waals surface area (Å²) in [6, 6.07) is 12.7. The summed E-state index contributed by atoms with van der Waals surface area (Å²) in [5.74, 6) is 1.70. The van der Waals surface area contributed by atoms with Crippen LogP contribution in [0.3, 0.4) is 0 Å². The summed E-state index contributed by atoms with van der Waals surface area (Å²) in [5, 5.41) is 13.4. The van der Waals surface area contributed by atoms with Crippen molar-refractivity contribution in [3.63, 3.8) is 0 Å². The Labute approximate surface area is 154 Å². The van der Waals surface area contributed by atoms with Crippen LogP contribution in [0, 0.1) is 31.6 Å². The lowest BCUT2D eigenvalue weighted by Crippen LogP contribution is -2.36. The molecule has 2 aliphatic carbocycles. The minimum atomic E-state index is -0.837. The number of aromatic carboxylic acids is 1. The molecule has 2 bridgehead atoms. The van der Waals surface area contributed by atoms with Crippen LogP contribution in [0.25, 0.3) is 0 Å². The minimum absolute atomic E-state index is 0.211. The quantitative estimate of drug-likeness (QED) is 0.775. The van der Waals surface area contributed by atoms with E-state index in [0.29, 0.717) is 23.3 Å². The first-order chi connectivity index (χ1) is 12.5. The van der Waals surface area contributed by atoms with Gasteiger partial charge >= 0.3 is 5.97 Å². The maximum atomic E-state index is 11.8. The van der Waals surface area contributed by atoms with E-state index in [9.17, 15) is 9.90 Å². The average Bonchev–Trinajstić information content (AvgIpc) is 3.25. The van der Waals surface area contributed by atoms with E-state index in [1.54, 1.807) is 6.07 Å². The molecule has 0 amide bonds. The molecule has 1 aliphatic heterocycles. The van der Waals surface area contributed by atoms with Gasteiger partial charge in [0.15, 0.2) is 0 Å². The summed E-state index contributed by atoms with van der Waals surface area (Å²) in [6.07, 6.45) is 3.92. The second-order valence-corrected chi connectivity index (χ2v) is 8.49. The van der Waals surface area contributed by atoms with Crippen molar-refractivity contribution in [3.8, 4) is 0 Å².